The van der Waals surface area contributed by atoms with Gasteiger partial charge in [0, 0.05) is 31.2 Å². The number of hydrogen-bond donors (Lipinski definition) is 1. The molecular weight excluding hydrogens is 204 g/mol. The lowest BCUT2D eigenvalue weighted by molar-refractivity contribution is -0.149. The lowest BCUT2D eigenvalue weighted by atomic mass is 9.99. The van der Waals surface area contributed by atoms with E-state index in [0.29, 0.717) is 12.6 Å². The van der Waals surface area contributed by atoms with Gasteiger partial charge in [0.1, 0.15) is 6.04 Å². The molecule has 1 rings (SSSR count). The number of rotatable bonds is 2. The largest absolute Gasteiger partial charge is 0.480 e. The molecule has 0 saturated carbocycles. The van der Waals surface area contributed by atoms with Gasteiger partial charge in [0.25, 0.3) is 0 Å². The highest BCUT2D eigenvalue weighted by Gasteiger charge is 2.38. The molecule has 0 radical (unpaired) electrons. The van der Waals surface area contributed by atoms with Crippen molar-refractivity contribution in [3.63, 3.8) is 0 Å². The van der Waals surface area contributed by atoms with Gasteiger partial charge in [-0.1, -0.05) is 0 Å². The fourth-order valence-corrected chi connectivity index (χ4v) is 2.29. The minimum absolute atomic E-state index is 0.0773. The van der Waals surface area contributed by atoms with Gasteiger partial charge in [-0.15, -0.1) is 0 Å². The first-order valence-electron chi connectivity index (χ1n) is 5.97. The normalized spacial score (nSPS) is 25.0. The molecule has 0 amide bonds. The van der Waals surface area contributed by atoms with Crippen LogP contribution in [0.5, 0.6) is 0 Å². The van der Waals surface area contributed by atoms with Crippen molar-refractivity contribution in [2.75, 3.05) is 19.6 Å². The van der Waals surface area contributed by atoms with E-state index in [1.54, 1.807) is 0 Å². The average Bonchev–Trinajstić information content (AvgIpc) is 2.15. The summed E-state index contributed by atoms with van der Waals surface area (Å²) in [5, 5.41) is 9.30. The Kier molecular flexibility index (Phi) is 3.97. The molecule has 1 aliphatic rings. The fraction of sp³-hybridized carbons (Fsp3) is 0.917. The van der Waals surface area contributed by atoms with Gasteiger partial charge in [-0.2, -0.15) is 0 Å². The van der Waals surface area contributed by atoms with E-state index in [4.69, 9.17) is 0 Å². The maximum Gasteiger partial charge on any atom is 0.322 e. The third-order valence-corrected chi connectivity index (χ3v) is 3.29. The van der Waals surface area contributed by atoms with Crippen LogP contribution in [0, 0.1) is 0 Å². The highest BCUT2D eigenvalue weighted by atomic mass is 16.4. The molecule has 1 heterocycles. The number of hydrogen-bond acceptors (Lipinski definition) is 3. The molecule has 0 aromatic carbocycles. The van der Waals surface area contributed by atoms with Crippen molar-refractivity contribution in [2.45, 2.75) is 52.2 Å². The summed E-state index contributed by atoms with van der Waals surface area (Å²) in [4.78, 5) is 15.6. The van der Waals surface area contributed by atoms with E-state index in [1.807, 2.05) is 0 Å². The molecule has 1 N–H and O–H groups in total. The van der Waals surface area contributed by atoms with Crippen LogP contribution in [-0.4, -0.2) is 58.1 Å². The minimum atomic E-state index is -0.708. The van der Waals surface area contributed by atoms with Gasteiger partial charge in [0.05, 0.1) is 0 Å². The predicted octanol–water partition coefficient (Wildman–Crippen LogP) is 1.26. The van der Waals surface area contributed by atoms with Gasteiger partial charge in [0.15, 0.2) is 0 Å². The molecule has 0 aromatic rings. The Hall–Kier alpha value is -0.610. The van der Waals surface area contributed by atoms with Crippen LogP contribution in [0.2, 0.25) is 0 Å². The molecule has 16 heavy (non-hydrogen) atoms. The predicted molar refractivity (Wildman–Crippen MR) is 64.6 cm³/mol. The number of piperazine rings is 1. The molecule has 0 aromatic heterocycles. The monoisotopic (exact) mass is 228 g/mol. The minimum Gasteiger partial charge on any atom is -0.480 e. The standard InChI is InChI=1S/C12H24N2O2/c1-9(2)13-6-7-14(12(3,4)5)10(8-13)11(15)16/h9-10H,6-8H2,1-5H3,(H,15,16)/t10-/m1/s1. The topological polar surface area (TPSA) is 43.8 Å². The summed E-state index contributed by atoms with van der Waals surface area (Å²) in [6.07, 6.45) is 0. The zero-order valence-corrected chi connectivity index (χ0v) is 11.0. The maximum absolute atomic E-state index is 11.3. The average molecular weight is 228 g/mol. The molecule has 0 unspecified atom stereocenters. The third kappa shape index (κ3) is 2.95. The van der Waals surface area contributed by atoms with Crippen LogP contribution in [-0.2, 0) is 4.79 Å². The Bertz CT molecular complexity index is 258. The molecule has 0 bridgehead atoms. The molecule has 1 aliphatic heterocycles. The summed E-state index contributed by atoms with van der Waals surface area (Å²) >= 11 is 0. The summed E-state index contributed by atoms with van der Waals surface area (Å²) < 4.78 is 0. The summed E-state index contributed by atoms with van der Waals surface area (Å²) in [6.45, 7) is 12.9. The van der Waals surface area contributed by atoms with E-state index < -0.39 is 5.97 Å². The van der Waals surface area contributed by atoms with E-state index in [0.717, 1.165) is 13.1 Å². The van der Waals surface area contributed by atoms with Crippen molar-refractivity contribution in [3.8, 4) is 0 Å². The van der Waals surface area contributed by atoms with E-state index in [1.165, 1.54) is 0 Å². The van der Waals surface area contributed by atoms with Crippen molar-refractivity contribution in [1.82, 2.24) is 9.80 Å². The second-order valence-electron chi connectivity index (χ2n) is 5.81. The molecule has 0 aliphatic carbocycles. The molecule has 4 heteroatoms. The van der Waals surface area contributed by atoms with Crippen molar-refractivity contribution in [3.05, 3.63) is 0 Å². The zero-order chi connectivity index (χ0) is 12.5. The first-order valence-corrected chi connectivity index (χ1v) is 5.97. The maximum atomic E-state index is 11.3. The second-order valence-corrected chi connectivity index (χ2v) is 5.81. The van der Waals surface area contributed by atoms with Crippen LogP contribution < -0.4 is 0 Å². The highest BCUT2D eigenvalue weighted by Crippen LogP contribution is 2.22. The SMILES string of the molecule is CC(C)N1CCN(C(C)(C)C)[C@@H](C(=O)O)C1. The molecule has 0 spiro atoms. The number of aliphatic carboxylic acids is 1. The van der Waals surface area contributed by atoms with Crippen molar-refractivity contribution < 1.29 is 9.90 Å². The lowest BCUT2D eigenvalue weighted by Gasteiger charge is -2.47. The van der Waals surface area contributed by atoms with Crippen LogP contribution in [0.25, 0.3) is 0 Å². The lowest BCUT2D eigenvalue weighted by Crippen LogP contribution is -2.62. The number of carboxylic acids is 1. The summed E-state index contributed by atoms with van der Waals surface area (Å²) in [7, 11) is 0. The first kappa shape index (κ1) is 13.5. The Morgan fingerprint density at radius 1 is 1.31 bits per heavy atom. The van der Waals surface area contributed by atoms with Crippen molar-refractivity contribution in [2.24, 2.45) is 0 Å². The summed E-state index contributed by atoms with van der Waals surface area (Å²) in [5.74, 6) is -0.708. The number of nitrogens with zero attached hydrogens (tertiary/aromatic N) is 2. The molecule has 94 valence electrons. The van der Waals surface area contributed by atoms with E-state index in [2.05, 4.69) is 44.4 Å². The Morgan fingerprint density at radius 2 is 1.88 bits per heavy atom. The van der Waals surface area contributed by atoms with Crippen LogP contribution >= 0.6 is 0 Å². The first-order chi connectivity index (χ1) is 7.23. The molecule has 1 fully saturated rings. The van der Waals surface area contributed by atoms with Crippen molar-refractivity contribution in [1.29, 1.82) is 0 Å². The third-order valence-electron chi connectivity index (χ3n) is 3.29. The summed E-state index contributed by atoms with van der Waals surface area (Å²) in [5.41, 5.74) is -0.0773. The van der Waals surface area contributed by atoms with Crippen LogP contribution in [0.4, 0.5) is 0 Å². The van der Waals surface area contributed by atoms with Gasteiger partial charge in [-0.05, 0) is 34.6 Å². The van der Waals surface area contributed by atoms with Crippen LogP contribution in [0.15, 0.2) is 0 Å². The van der Waals surface area contributed by atoms with Gasteiger partial charge in [-0.25, -0.2) is 0 Å². The smallest absolute Gasteiger partial charge is 0.322 e. The van der Waals surface area contributed by atoms with Gasteiger partial charge in [0.2, 0.25) is 0 Å². The zero-order valence-electron chi connectivity index (χ0n) is 11.0. The molecule has 1 atom stereocenters. The quantitative estimate of drug-likeness (QED) is 0.773. The van der Waals surface area contributed by atoms with Crippen LogP contribution in [0.3, 0.4) is 0 Å². The van der Waals surface area contributed by atoms with E-state index >= 15 is 0 Å². The highest BCUT2D eigenvalue weighted by molar-refractivity contribution is 5.74. The van der Waals surface area contributed by atoms with Crippen LogP contribution in [0.1, 0.15) is 34.6 Å². The number of carboxylic acid groups (broad SMARTS) is 1. The van der Waals surface area contributed by atoms with Gasteiger partial charge < -0.3 is 5.11 Å². The van der Waals surface area contributed by atoms with E-state index in [9.17, 15) is 9.90 Å². The Labute approximate surface area is 98.2 Å². The summed E-state index contributed by atoms with van der Waals surface area (Å²) in [6, 6.07) is 0.0418. The molecule has 1 saturated heterocycles. The number of carbonyl (C=O) groups is 1. The van der Waals surface area contributed by atoms with E-state index in [-0.39, 0.29) is 11.6 Å². The fourth-order valence-electron chi connectivity index (χ4n) is 2.29. The Morgan fingerprint density at radius 3 is 2.25 bits per heavy atom. The van der Waals surface area contributed by atoms with Crippen molar-refractivity contribution >= 4 is 5.97 Å². The molecule has 4 nitrogen and oxygen atoms in total. The second kappa shape index (κ2) is 4.72. The Balaban J connectivity index is 2.80. The molecular formula is C12H24N2O2. The van der Waals surface area contributed by atoms with Gasteiger partial charge >= 0.3 is 5.97 Å². The van der Waals surface area contributed by atoms with Gasteiger partial charge in [-0.3, -0.25) is 14.6 Å².